The van der Waals surface area contributed by atoms with Gasteiger partial charge in [-0.2, -0.15) is 4.68 Å². The van der Waals surface area contributed by atoms with Crippen molar-refractivity contribution in [3.05, 3.63) is 40.7 Å². The van der Waals surface area contributed by atoms with Crippen LogP contribution < -0.4 is 0 Å². The Morgan fingerprint density at radius 1 is 1.50 bits per heavy atom. The average molecular weight is 238 g/mol. The molecule has 1 heterocycles. The molecule has 1 aromatic carbocycles. The number of benzene rings is 1. The van der Waals surface area contributed by atoms with Gasteiger partial charge in [0, 0.05) is 10.6 Å². The van der Waals surface area contributed by atoms with Crippen LogP contribution in [-0.2, 0) is 0 Å². The van der Waals surface area contributed by atoms with Gasteiger partial charge in [-0.25, -0.2) is 0 Å². The minimum absolute atomic E-state index is 0.227. The predicted octanol–water partition coefficient (Wildman–Crippen LogP) is 1.32. The molecule has 0 radical (unpaired) electrons. The molecule has 0 unspecified atom stereocenters. The van der Waals surface area contributed by atoms with Crippen LogP contribution in [0.4, 0.5) is 0 Å². The van der Waals surface area contributed by atoms with Crippen molar-refractivity contribution in [3.8, 4) is 0 Å². The van der Waals surface area contributed by atoms with Gasteiger partial charge >= 0.3 is 0 Å². The van der Waals surface area contributed by atoms with Crippen molar-refractivity contribution >= 4 is 17.4 Å². The summed E-state index contributed by atoms with van der Waals surface area (Å²) in [6, 6.07) is 6.90. The van der Waals surface area contributed by atoms with Crippen LogP contribution in [0.1, 0.15) is 11.4 Å². The number of hydrogen-bond donors (Lipinski definition) is 1. The lowest BCUT2D eigenvalue weighted by Crippen LogP contribution is -2.17. The van der Waals surface area contributed by atoms with Crippen LogP contribution in [0.2, 0.25) is 5.02 Å². The van der Waals surface area contributed by atoms with Gasteiger partial charge in [-0.1, -0.05) is 28.9 Å². The fraction of sp³-hybridized carbons (Fsp3) is 0.111. The molecule has 0 bridgehead atoms. The minimum Gasteiger partial charge on any atom is -0.409 e. The summed E-state index contributed by atoms with van der Waals surface area (Å²) >= 11 is 5.85. The first-order valence-corrected chi connectivity index (χ1v) is 4.83. The second-order valence-electron chi connectivity index (χ2n) is 3.07. The third-order valence-corrected chi connectivity index (χ3v) is 2.24. The summed E-state index contributed by atoms with van der Waals surface area (Å²) in [4.78, 5) is 0. The van der Waals surface area contributed by atoms with Crippen LogP contribution in [-0.4, -0.2) is 31.3 Å². The lowest BCUT2D eigenvalue weighted by Gasteiger charge is -2.04. The molecule has 82 valence electrons. The topological polar surface area (TPSA) is 76.2 Å². The van der Waals surface area contributed by atoms with Crippen LogP contribution in [0.3, 0.4) is 0 Å². The number of aromatic nitrogens is 4. The second-order valence-corrected chi connectivity index (χ2v) is 3.51. The number of tetrazole rings is 1. The number of hydrogen-bond acceptors (Lipinski definition) is 5. The summed E-state index contributed by atoms with van der Waals surface area (Å²) < 4.78 is 1.33. The largest absolute Gasteiger partial charge is 0.409 e. The lowest BCUT2D eigenvalue weighted by molar-refractivity contribution is 0.316. The Kier molecular flexibility index (Phi) is 2.82. The van der Waals surface area contributed by atoms with Crippen LogP contribution in [0.25, 0.3) is 0 Å². The van der Waals surface area contributed by atoms with E-state index in [0.29, 0.717) is 16.4 Å². The third kappa shape index (κ3) is 1.87. The highest BCUT2D eigenvalue weighted by atomic mass is 35.5. The molecular weight excluding hydrogens is 230 g/mol. The highest BCUT2D eigenvalue weighted by molar-refractivity contribution is 6.31. The van der Waals surface area contributed by atoms with E-state index in [2.05, 4.69) is 20.7 Å². The Morgan fingerprint density at radius 2 is 2.31 bits per heavy atom. The SMILES string of the molecule is Cc1nnnn1/C(=N/O)c1cccc(Cl)c1. The van der Waals surface area contributed by atoms with Crippen molar-refractivity contribution in [2.45, 2.75) is 6.92 Å². The molecule has 0 spiro atoms. The first kappa shape index (κ1) is 10.6. The van der Waals surface area contributed by atoms with Crippen molar-refractivity contribution in [1.82, 2.24) is 20.2 Å². The van der Waals surface area contributed by atoms with Crippen LogP contribution >= 0.6 is 11.6 Å². The smallest absolute Gasteiger partial charge is 0.203 e. The Balaban J connectivity index is 2.50. The maximum atomic E-state index is 9.00. The Labute approximate surface area is 96.1 Å². The maximum absolute atomic E-state index is 9.00. The predicted molar refractivity (Wildman–Crippen MR) is 57.7 cm³/mol. The maximum Gasteiger partial charge on any atom is 0.203 e. The van der Waals surface area contributed by atoms with E-state index < -0.39 is 0 Å². The lowest BCUT2D eigenvalue weighted by atomic mass is 10.2. The van der Waals surface area contributed by atoms with Gasteiger partial charge in [-0.15, -0.1) is 5.10 Å². The van der Waals surface area contributed by atoms with Crippen LogP contribution in [0.5, 0.6) is 0 Å². The highest BCUT2D eigenvalue weighted by Crippen LogP contribution is 2.12. The molecule has 0 saturated carbocycles. The molecule has 7 heteroatoms. The summed E-state index contributed by atoms with van der Waals surface area (Å²) in [6.07, 6.45) is 0. The van der Waals surface area contributed by atoms with Gasteiger partial charge in [0.05, 0.1) is 0 Å². The average Bonchev–Trinajstić information content (AvgIpc) is 2.67. The minimum atomic E-state index is 0.227. The number of oxime groups is 1. The van der Waals surface area contributed by atoms with E-state index in [-0.39, 0.29) is 5.84 Å². The normalized spacial score (nSPS) is 11.8. The summed E-state index contributed by atoms with van der Waals surface area (Å²) in [5.74, 6) is 0.748. The van der Waals surface area contributed by atoms with Gasteiger partial charge in [0.15, 0.2) is 5.82 Å². The zero-order valence-corrected chi connectivity index (χ0v) is 9.13. The summed E-state index contributed by atoms with van der Waals surface area (Å²) in [6.45, 7) is 1.70. The van der Waals surface area contributed by atoms with Crippen molar-refractivity contribution in [2.75, 3.05) is 0 Å². The number of aryl methyl sites for hydroxylation is 1. The van der Waals surface area contributed by atoms with Crippen molar-refractivity contribution < 1.29 is 5.21 Å². The first-order valence-electron chi connectivity index (χ1n) is 4.45. The zero-order valence-electron chi connectivity index (χ0n) is 8.37. The van der Waals surface area contributed by atoms with Gasteiger partial charge in [-0.05, 0) is 29.5 Å². The van der Waals surface area contributed by atoms with Crippen molar-refractivity contribution in [3.63, 3.8) is 0 Å². The Bertz CT molecular complexity index is 536. The molecule has 0 saturated heterocycles. The van der Waals surface area contributed by atoms with E-state index in [9.17, 15) is 0 Å². The van der Waals surface area contributed by atoms with Crippen LogP contribution in [0.15, 0.2) is 29.4 Å². The molecular formula is C9H8ClN5O. The molecule has 6 nitrogen and oxygen atoms in total. The van der Waals surface area contributed by atoms with Gasteiger partial charge in [0.1, 0.15) is 0 Å². The molecule has 1 N–H and O–H groups in total. The van der Waals surface area contributed by atoms with E-state index in [0.717, 1.165) is 0 Å². The van der Waals surface area contributed by atoms with Crippen LogP contribution in [0, 0.1) is 6.92 Å². The fourth-order valence-corrected chi connectivity index (χ4v) is 1.47. The van der Waals surface area contributed by atoms with E-state index in [1.165, 1.54) is 4.68 Å². The van der Waals surface area contributed by atoms with E-state index in [1.54, 1.807) is 31.2 Å². The number of halogens is 1. The molecule has 0 aliphatic carbocycles. The molecule has 0 aliphatic rings. The van der Waals surface area contributed by atoms with E-state index in [4.69, 9.17) is 16.8 Å². The number of nitrogens with zero attached hydrogens (tertiary/aromatic N) is 5. The third-order valence-electron chi connectivity index (χ3n) is 2.00. The zero-order chi connectivity index (χ0) is 11.5. The van der Waals surface area contributed by atoms with E-state index in [1.807, 2.05) is 0 Å². The summed E-state index contributed by atoms with van der Waals surface area (Å²) in [7, 11) is 0. The van der Waals surface area contributed by atoms with Gasteiger partial charge in [0.2, 0.25) is 5.84 Å². The molecule has 0 fully saturated rings. The quantitative estimate of drug-likeness (QED) is 0.351. The summed E-state index contributed by atoms with van der Waals surface area (Å²) in [5, 5.41) is 23.6. The standard InChI is InChI=1S/C9H8ClN5O/c1-6-11-13-14-15(6)9(12-16)7-3-2-4-8(10)5-7/h2-5,16H,1H3/b12-9+. The molecule has 0 aliphatic heterocycles. The number of rotatable bonds is 1. The molecule has 16 heavy (non-hydrogen) atoms. The molecule has 0 amide bonds. The van der Waals surface area contributed by atoms with E-state index >= 15 is 0 Å². The monoisotopic (exact) mass is 237 g/mol. The Hall–Kier alpha value is -1.95. The molecule has 1 aromatic heterocycles. The van der Waals surface area contributed by atoms with Gasteiger partial charge in [0.25, 0.3) is 0 Å². The summed E-state index contributed by atoms with van der Waals surface area (Å²) in [5.41, 5.74) is 0.630. The highest BCUT2D eigenvalue weighted by Gasteiger charge is 2.12. The second kappa shape index (κ2) is 4.28. The van der Waals surface area contributed by atoms with Gasteiger partial charge < -0.3 is 5.21 Å². The van der Waals surface area contributed by atoms with Crippen molar-refractivity contribution in [2.24, 2.45) is 5.16 Å². The van der Waals surface area contributed by atoms with Gasteiger partial charge in [-0.3, -0.25) is 0 Å². The first-order chi connectivity index (χ1) is 7.72. The van der Waals surface area contributed by atoms with Crippen molar-refractivity contribution in [1.29, 1.82) is 0 Å². The molecule has 0 atom stereocenters. The Morgan fingerprint density at radius 3 is 2.88 bits per heavy atom. The molecule has 2 rings (SSSR count). The molecule has 2 aromatic rings. The fourth-order valence-electron chi connectivity index (χ4n) is 1.28.